The zero-order valence-corrected chi connectivity index (χ0v) is 13.3. The standard InChI is InChI=1S/C19H12ClN3O/c20-18-16(8-4-10-22-18)23-19(24)15-11-12-5-1-2-6-13(12)14-7-3-9-21-17(14)15/h1-11H,(H,23,24). The molecule has 24 heavy (non-hydrogen) atoms. The smallest absolute Gasteiger partial charge is 0.257 e. The van der Waals surface area contributed by atoms with Crippen LogP contribution in [-0.2, 0) is 0 Å². The summed E-state index contributed by atoms with van der Waals surface area (Å²) >= 11 is 6.03. The Kier molecular flexibility index (Phi) is 3.59. The van der Waals surface area contributed by atoms with Gasteiger partial charge < -0.3 is 5.32 Å². The summed E-state index contributed by atoms with van der Waals surface area (Å²) in [6.45, 7) is 0. The van der Waals surface area contributed by atoms with E-state index in [-0.39, 0.29) is 11.1 Å². The van der Waals surface area contributed by atoms with Crippen LogP contribution in [0, 0.1) is 0 Å². The minimum atomic E-state index is -0.264. The molecule has 0 bridgehead atoms. The molecular weight excluding hydrogens is 322 g/mol. The molecule has 116 valence electrons. The van der Waals surface area contributed by atoms with Crippen molar-refractivity contribution in [2.75, 3.05) is 5.32 Å². The van der Waals surface area contributed by atoms with Gasteiger partial charge in [0.1, 0.15) is 0 Å². The lowest BCUT2D eigenvalue weighted by Gasteiger charge is -2.10. The molecule has 4 aromatic rings. The molecule has 0 aliphatic rings. The molecule has 0 saturated carbocycles. The second kappa shape index (κ2) is 5.91. The Bertz CT molecular complexity index is 1080. The van der Waals surface area contributed by atoms with E-state index in [1.165, 1.54) is 0 Å². The van der Waals surface area contributed by atoms with Crippen LogP contribution in [0.1, 0.15) is 10.4 Å². The first kappa shape index (κ1) is 14.6. The normalized spacial score (nSPS) is 10.9. The number of anilines is 1. The molecule has 0 radical (unpaired) electrons. The van der Waals surface area contributed by atoms with Gasteiger partial charge in [-0.05, 0) is 35.0 Å². The molecule has 2 aromatic carbocycles. The van der Waals surface area contributed by atoms with Crippen molar-refractivity contribution < 1.29 is 4.79 Å². The molecule has 4 rings (SSSR count). The van der Waals surface area contributed by atoms with Crippen LogP contribution in [-0.4, -0.2) is 15.9 Å². The number of benzene rings is 2. The number of amides is 1. The van der Waals surface area contributed by atoms with E-state index in [1.54, 1.807) is 24.5 Å². The van der Waals surface area contributed by atoms with Gasteiger partial charge >= 0.3 is 0 Å². The molecule has 0 fully saturated rings. The number of hydrogen-bond donors (Lipinski definition) is 1. The van der Waals surface area contributed by atoms with Crippen molar-refractivity contribution in [1.29, 1.82) is 0 Å². The third-order valence-electron chi connectivity index (χ3n) is 3.87. The van der Waals surface area contributed by atoms with Gasteiger partial charge in [-0.25, -0.2) is 4.98 Å². The van der Waals surface area contributed by atoms with E-state index in [0.717, 1.165) is 16.2 Å². The van der Waals surface area contributed by atoms with Gasteiger partial charge in [0.05, 0.1) is 16.8 Å². The molecule has 0 unspecified atom stereocenters. The van der Waals surface area contributed by atoms with Crippen LogP contribution in [0.25, 0.3) is 21.7 Å². The summed E-state index contributed by atoms with van der Waals surface area (Å²) in [7, 11) is 0. The zero-order chi connectivity index (χ0) is 16.5. The van der Waals surface area contributed by atoms with Crippen LogP contribution in [0.5, 0.6) is 0 Å². The summed E-state index contributed by atoms with van der Waals surface area (Å²) in [6.07, 6.45) is 3.26. The number of halogens is 1. The molecule has 0 spiro atoms. The van der Waals surface area contributed by atoms with Crippen LogP contribution in [0.3, 0.4) is 0 Å². The van der Waals surface area contributed by atoms with Crippen molar-refractivity contribution in [1.82, 2.24) is 9.97 Å². The summed E-state index contributed by atoms with van der Waals surface area (Å²) in [5, 5.41) is 6.06. The van der Waals surface area contributed by atoms with Crippen LogP contribution in [0.15, 0.2) is 67.0 Å². The second-order valence-corrected chi connectivity index (χ2v) is 5.70. The number of carbonyl (C=O) groups is 1. The Morgan fingerprint density at radius 3 is 2.54 bits per heavy atom. The average Bonchev–Trinajstić information content (AvgIpc) is 2.63. The molecule has 4 nitrogen and oxygen atoms in total. The minimum absolute atomic E-state index is 0.254. The van der Waals surface area contributed by atoms with Gasteiger partial charge in [-0.15, -0.1) is 0 Å². The van der Waals surface area contributed by atoms with Crippen molar-refractivity contribution in [3.63, 3.8) is 0 Å². The van der Waals surface area contributed by atoms with E-state index >= 15 is 0 Å². The fourth-order valence-corrected chi connectivity index (χ4v) is 2.94. The molecule has 0 aliphatic carbocycles. The zero-order valence-electron chi connectivity index (χ0n) is 12.5. The lowest BCUT2D eigenvalue weighted by Crippen LogP contribution is -2.13. The van der Waals surface area contributed by atoms with Crippen molar-refractivity contribution in [2.24, 2.45) is 0 Å². The first-order valence-electron chi connectivity index (χ1n) is 7.42. The maximum absolute atomic E-state index is 12.8. The lowest BCUT2D eigenvalue weighted by molar-refractivity contribution is 0.102. The maximum Gasteiger partial charge on any atom is 0.257 e. The van der Waals surface area contributed by atoms with Gasteiger partial charge in [0.15, 0.2) is 5.15 Å². The Morgan fingerprint density at radius 2 is 1.67 bits per heavy atom. The average molecular weight is 334 g/mol. The molecule has 2 heterocycles. The van der Waals surface area contributed by atoms with E-state index < -0.39 is 0 Å². The van der Waals surface area contributed by atoms with Gasteiger partial charge in [0.25, 0.3) is 5.91 Å². The number of carbonyl (C=O) groups excluding carboxylic acids is 1. The largest absolute Gasteiger partial charge is 0.319 e. The van der Waals surface area contributed by atoms with E-state index in [0.29, 0.717) is 16.8 Å². The molecular formula is C19H12ClN3O. The topological polar surface area (TPSA) is 54.9 Å². The molecule has 5 heteroatoms. The highest BCUT2D eigenvalue weighted by Gasteiger charge is 2.15. The predicted octanol–water partition coefficient (Wildman–Crippen LogP) is 4.69. The van der Waals surface area contributed by atoms with Crippen LogP contribution in [0.2, 0.25) is 5.15 Å². The Labute approximate surface area is 143 Å². The fourth-order valence-electron chi connectivity index (χ4n) is 2.77. The third-order valence-corrected chi connectivity index (χ3v) is 4.17. The SMILES string of the molecule is O=C(Nc1cccnc1Cl)c1cc2ccccc2c2cccnc12. The summed E-state index contributed by atoms with van der Waals surface area (Å²) < 4.78 is 0. The highest BCUT2D eigenvalue weighted by molar-refractivity contribution is 6.33. The number of nitrogens with one attached hydrogen (secondary N) is 1. The number of fused-ring (bicyclic) bond motifs is 3. The Balaban J connectivity index is 1.89. The number of aromatic nitrogens is 2. The van der Waals surface area contributed by atoms with E-state index in [4.69, 9.17) is 11.6 Å². The fraction of sp³-hybridized carbons (Fsp3) is 0. The molecule has 1 N–H and O–H groups in total. The van der Waals surface area contributed by atoms with Gasteiger partial charge in [-0.3, -0.25) is 9.78 Å². The lowest BCUT2D eigenvalue weighted by atomic mass is 10.0. The number of nitrogens with zero attached hydrogens (tertiary/aromatic N) is 2. The highest BCUT2D eigenvalue weighted by Crippen LogP contribution is 2.28. The van der Waals surface area contributed by atoms with E-state index in [2.05, 4.69) is 15.3 Å². The molecule has 0 aliphatic heterocycles. The van der Waals surface area contributed by atoms with Crippen LogP contribution >= 0.6 is 11.6 Å². The quantitative estimate of drug-likeness (QED) is 0.427. The third kappa shape index (κ3) is 2.47. The van der Waals surface area contributed by atoms with Crippen molar-refractivity contribution >= 4 is 44.9 Å². The minimum Gasteiger partial charge on any atom is -0.319 e. The monoisotopic (exact) mass is 333 g/mol. The van der Waals surface area contributed by atoms with Gasteiger partial charge in [0.2, 0.25) is 0 Å². The highest BCUT2D eigenvalue weighted by atomic mass is 35.5. The molecule has 0 atom stereocenters. The molecule has 2 aromatic heterocycles. The first-order valence-corrected chi connectivity index (χ1v) is 7.80. The molecule has 1 amide bonds. The van der Waals surface area contributed by atoms with Crippen molar-refractivity contribution in [2.45, 2.75) is 0 Å². The Hall–Kier alpha value is -2.98. The van der Waals surface area contributed by atoms with Gasteiger partial charge in [-0.2, -0.15) is 0 Å². The number of hydrogen-bond acceptors (Lipinski definition) is 3. The Morgan fingerprint density at radius 1 is 0.917 bits per heavy atom. The summed E-state index contributed by atoms with van der Waals surface area (Å²) in [5.74, 6) is -0.264. The van der Waals surface area contributed by atoms with E-state index in [1.807, 2.05) is 42.5 Å². The molecule has 0 saturated heterocycles. The summed E-state index contributed by atoms with van der Waals surface area (Å²) in [4.78, 5) is 21.2. The van der Waals surface area contributed by atoms with Crippen molar-refractivity contribution in [3.8, 4) is 0 Å². The van der Waals surface area contributed by atoms with E-state index in [9.17, 15) is 4.79 Å². The second-order valence-electron chi connectivity index (χ2n) is 5.34. The summed E-state index contributed by atoms with van der Waals surface area (Å²) in [6, 6.07) is 17.1. The van der Waals surface area contributed by atoms with Gasteiger partial charge in [0, 0.05) is 17.8 Å². The number of pyridine rings is 2. The van der Waals surface area contributed by atoms with Crippen molar-refractivity contribution in [3.05, 3.63) is 77.7 Å². The number of rotatable bonds is 2. The predicted molar refractivity (Wildman–Crippen MR) is 96.4 cm³/mol. The van der Waals surface area contributed by atoms with Crippen LogP contribution < -0.4 is 5.32 Å². The summed E-state index contributed by atoms with van der Waals surface area (Å²) in [5.41, 5.74) is 1.64. The first-order chi connectivity index (χ1) is 11.7. The maximum atomic E-state index is 12.8. The van der Waals surface area contributed by atoms with Gasteiger partial charge in [-0.1, -0.05) is 41.9 Å². The van der Waals surface area contributed by atoms with Crippen LogP contribution in [0.4, 0.5) is 5.69 Å².